The van der Waals surface area contributed by atoms with Crippen molar-refractivity contribution in [3.8, 4) is 11.5 Å². The monoisotopic (exact) mass is 337 g/mol. The number of nitrogens with zero attached hydrogens (tertiary/aromatic N) is 2. The lowest BCUT2D eigenvalue weighted by Crippen LogP contribution is -2.15. The number of nitrogens with one attached hydrogen (secondary N) is 1. The summed E-state index contributed by atoms with van der Waals surface area (Å²) >= 11 is 0. The maximum atomic E-state index is 5.43. The van der Waals surface area contributed by atoms with Crippen molar-refractivity contribution in [2.75, 3.05) is 33.2 Å². The Labute approximate surface area is 144 Å². The van der Waals surface area contributed by atoms with Gasteiger partial charge in [-0.15, -0.1) is 12.4 Å². The summed E-state index contributed by atoms with van der Waals surface area (Å²) in [6.07, 6.45) is 1.89. The van der Waals surface area contributed by atoms with Gasteiger partial charge in [-0.3, -0.25) is 0 Å². The van der Waals surface area contributed by atoms with Crippen LogP contribution in [-0.4, -0.2) is 33.3 Å². The fraction of sp³-hybridized carbons (Fsp3) is 0.353. The summed E-state index contributed by atoms with van der Waals surface area (Å²) in [6, 6.07) is 9.99. The molecule has 0 saturated carbocycles. The second-order valence-corrected chi connectivity index (χ2v) is 5.18. The van der Waals surface area contributed by atoms with Crippen molar-refractivity contribution in [1.82, 2.24) is 10.3 Å². The lowest BCUT2D eigenvalue weighted by molar-refractivity contribution is 0.350. The van der Waals surface area contributed by atoms with E-state index in [0.29, 0.717) is 6.54 Å². The summed E-state index contributed by atoms with van der Waals surface area (Å²) in [5.74, 6) is 2.48. The van der Waals surface area contributed by atoms with Crippen molar-refractivity contribution < 1.29 is 9.47 Å². The summed E-state index contributed by atoms with van der Waals surface area (Å²) in [5, 5.41) is 3.40. The molecule has 0 aliphatic rings. The minimum Gasteiger partial charge on any atom is -0.493 e. The molecule has 0 fully saturated rings. The van der Waals surface area contributed by atoms with Crippen molar-refractivity contribution in [2.24, 2.45) is 0 Å². The fourth-order valence-corrected chi connectivity index (χ4v) is 2.22. The van der Waals surface area contributed by atoms with Crippen LogP contribution >= 0.6 is 12.4 Å². The van der Waals surface area contributed by atoms with Crippen LogP contribution in [-0.2, 0) is 13.1 Å². The van der Waals surface area contributed by atoms with E-state index >= 15 is 0 Å². The number of para-hydroxylation sites is 1. The van der Waals surface area contributed by atoms with Gasteiger partial charge in [-0.25, -0.2) is 4.98 Å². The molecular weight excluding hydrogens is 314 g/mol. The first-order valence-electron chi connectivity index (χ1n) is 7.18. The molecule has 23 heavy (non-hydrogen) atoms. The molecule has 2 rings (SSSR count). The van der Waals surface area contributed by atoms with E-state index in [0.717, 1.165) is 35.0 Å². The smallest absolute Gasteiger partial charge is 0.165 e. The molecule has 0 unspecified atom stereocenters. The van der Waals surface area contributed by atoms with Gasteiger partial charge in [0.25, 0.3) is 0 Å². The van der Waals surface area contributed by atoms with E-state index in [1.54, 1.807) is 14.2 Å². The Balaban J connectivity index is 0.00000264. The Morgan fingerprint density at radius 3 is 2.39 bits per heavy atom. The van der Waals surface area contributed by atoms with E-state index in [2.05, 4.69) is 16.4 Å². The molecule has 6 heteroatoms. The van der Waals surface area contributed by atoms with Crippen LogP contribution in [0, 0.1) is 0 Å². The maximum Gasteiger partial charge on any atom is 0.165 e. The predicted molar refractivity (Wildman–Crippen MR) is 95.9 cm³/mol. The van der Waals surface area contributed by atoms with Gasteiger partial charge in [0.2, 0.25) is 0 Å². The number of halogens is 1. The Morgan fingerprint density at radius 2 is 1.83 bits per heavy atom. The summed E-state index contributed by atoms with van der Waals surface area (Å²) < 4.78 is 10.7. The average Bonchev–Trinajstić information content (AvgIpc) is 2.55. The molecule has 1 N–H and O–H groups in total. The minimum absolute atomic E-state index is 0. The van der Waals surface area contributed by atoms with Gasteiger partial charge in [-0.2, -0.15) is 0 Å². The number of rotatable bonds is 7. The van der Waals surface area contributed by atoms with Crippen molar-refractivity contribution in [3.05, 3.63) is 47.7 Å². The third-order valence-corrected chi connectivity index (χ3v) is 3.40. The highest BCUT2D eigenvalue weighted by Gasteiger charge is 2.08. The molecule has 0 saturated heterocycles. The molecule has 0 bridgehead atoms. The SMILES string of the molecule is COc1cccc(CNCc2ccc(N(C)C)nc2)c1OC.Cl. The van der Waals surface area contributed by atoms with Gasteiger partial charge in [0.05, 0.1) is 14.2 Å². The van der Waals surface area contributed by atoms with Gasteiger partial charge in [0.15, 0.2) is 11.5 Å². The second-order valence-electron chi connectivity index (χ2n) is 5.18. The van der Waals surface area contributed by atoms with Crippen LogP contribution in [0.4, 0.5) is 5.82 Å². The standard InChI is InChI=1S/C17H23N3O2.ClH/c1-20(2)16-9-8-13(11-19-16)10-18-12-14-6-5-7-15(21-3)17(14)22-4;/h5-9,11,18H,10,12H2,1-4H3;1H. The highest BCUT2D eigenvalue weighted by molar-refractivity contribution is 5.85. The third kappa shape index (κ3) is 5.01. The number of benzene rings is 1. The van der Waals surface area contributed by atoms with Gasteiger partial charge in [-0.05, 0) is 17.7 Å². The minimum atomic E-state index is 0. The first kappa shape index (κ1) is 19.1. The second kappa shape index (κ2) is 9.22. The molecule has 5 nitrogen and oxygen atoms in total. The van der Waals surface area contributed by atoms with E-state index < -0.39 is 0 Å². The van der Waals surface area contributed by atoms with Gasteiger partial charge >= 0.3 is 0 Å². The predicted octanol–water partition coefficient (Wildman–Crippen LogP) is 2.88. The van der Waals surface area contributed by atoms with Crippen LogP contribution in [0.1, 0.15) is 11.1 Å². The van der Waals surface area contributed by atoms with Gasteiger partial charge in [0, 0.05) is 38.9 Å². The summed E-state index contributed by atoms with van der Waals surface area (Å²) in [4.78, 5) is 6.39. The van der Waals surface area contributed by atoms with Crippen molar-refractivity contribution in [1.29, 1.82) is 0 Å². The summed E-state index contributed by atoms with van der Waals surface area (Å²) in [7, 11) is 7.27. The van der Waals surface area contributed by atoms with Gasteiger partial charge < -0.3 is 19.7 Å². The lowest BCUT2D eigenvalue weighted by Gasteiger charge is -2.14. The molecule has 0 spiro atoms. The Bertz CT molecular complexity index is 603. The molecule has 126 valence electrons. The average molecular weight is 338 g/mol. The number of pyridine rings is 1. The maximum absolute atomic E-state index is 5.43. The van der Waals surface area contributed by atoms with E-state index in [-0.39, 0.29) is 12.4 Å². The number of aromatic nitrogens is 1. The molecule has 1 heterocycles. The van der Waals surface area contributed by atoms with E-state index in [4.69, 9.17) is 9.47 Å². The number of methoxy groups -OCH3 is 2. The fourth-order valence-electron chi connectivity index (χ4n) is 2.22. The number of anilines is 1. The molecule has 0 aliphatic carbocycles. The number of ether oxygens (including phenoxy) is 2. The Kier molecular flexibility index (Phi) is 7.65. The molecule has 1 aromatic heterocycles. The number of hydrogen-bond donors (Lipinski definition) is 1. The molecule has 0 atom stereocenters. The van der Waals surface area contributed by atoms with Gasteiger partial charge in [0.1, 0.15) is 5.82 Å². The molecular formula is C17H24ClN3O2. The highest BCUT2D eigenvalue weighted by atomic mass is 35.5. The van der Waals surface area contributed by atoms with Crippen LogP contribution in [0.25, 0.3) is 0 Å². The van der Waals surface area contributed by atoms with Crippen LogP contribution in [0.15, 0.2) is 36.5 Å². The zero-order valence-electron chi connectivity index (χ0n) is 14.0. The van der Waals surface area contributed by atoms with Crippen molar-refractivity contribution in [3.63, 3.8) is 0 Å². The topological polar surface area (TPSA) is 46.6 Å². The van der Waals surface area contributed by atoms with Gasteiger partial charge in [-0.1, -0.05) is 18.2 Å². The van der Waals surface area contributed by atoms with Crippen molar-refractivity contribution >= 4 is 18.2 Å². The molecule has 0 aliphatic heterocycles. The first-order valence-corrected chi connectivity index (χ1v) is 7.18. The quantitative estimate of drug-likeness (QED) is 0.841. The molecule has 0 amide bonds. The van der Waals surface area contributed by atoms with E-state index in [1.165, 1.54) is 0 Å². The van der Waals surface area contributed by atoms with Crippen LogP contribution in [0.3, 0.4) is 0 Å². The Morgan fingerprint density at radius 1 is 1.04 bits per heavy atom. The largest absolute Gasteiger partial charge is 0.493 e. The summed E-state index contributed by atoms with van der Waals surface area (Å²) in [5.41, 5.74) is 2.21. The van der Waals surface area contributed by atoms with Crippen LogP contribution < -0.4 is 19.7 Å². The lowest BCUT2D eigenvalue weighted by atomic mass is 10.1. The van der Waals surface area contributed by atoms with E-state index in [1.807, 2.05) is 49.5 Å². The van der Waals surface area contributed by atoms with E-state index in [9.17, 15) is 0 Å². The highest BCUT2D eigenvalue weighted by Crippen LogP contribution is 2.30. The first-order chi connectivity index (χ1) is 10.7. The molecule has 2 aromatic rings. The molecule has 1 aromatic carbocycles. The Hall–Kier alpha value is -1.98. The summed E-state index contributed by atoms with van der Waals surface area (Å²) in [6.45, 7) is 1.46. The number of hydrogen-bond acceptors (Lipinski definition) is 5. The molecule has 0 radical (unpaired) electrons. The van der Waals surface area contributed by atoms with Crippen LogP contribution in [0.2, 0.25) is 0 Å². The zero-order chi connectivity index (χ0) is 15.9. The van der Waals surface area contributed by atoms with Crippen molar-refractivity contribution in [2.45, 2.75) is 13.1 Å². The third-order valence-electron chi connectivity index (χ3n) is 3.40. The normalized spacial score (nSPS) is 9.91. The van der Waals surface area contributed by atoms with Crippen LogP contribution in [0.5, 0.6) is 11.5 Å². The zero-order valence-corrected chi connectivity index (χ0v) is 14.8.